The molecule has 0 fully saturated rings. The number of hydrogen-bond acceptors (Lipinski definition) is 2. The van der Waals surface area contributed by atoms with Crippen LogP contribution in [0, 0.1) is 0 Å². The second-order valence-electron chi connectivity index (χ2n) is 7.10. The summed E-state index contributed by atoms with van der Waals surface area (Å²) in [5.41, 5.74) is 2.18. The first-order valence-electron chi connectivity index (χ1n) is 9.61. The van der Waals surface area contributed by atoms with Gasteiger partial charge in [-0.05, 0) is 40.8 Å². The molecule has 0 amide bonds. The number of carbonyl (C=O) groups excluding carboxylic acids is 1. The zero-order chi connectivity index (χ0) is 20.9. The highest BCUT2D eigenvalue weighted by molar-refractivity contribution is 6.30. The first-order chi connectivity index (χ1) is 14.0. The van der Waals surface area contributed by atoms with E-state index < -0.39 is 11.4 Å². The van der Waals surface area contributed by atoms with Crippen molar-refractivity contribution in [3.63, 3.8) is 0 Å². The summed E-state index contributed by atoms with van der Waals surface area (Å²) in [4.78, 5) is 24.2. The van der Waals surface area contributed by atoms with E-state index in [-0.39, 0.29) is 12.3 Å². The summed E-state index contributed by atoms with van der Waals surface area (Å²) in [6.07, 6.45) is 1.23. The van der Waals surface area contributed by atoms with Crippen LogP contribution in [0.3, 0.4) is 0 Å². The van der Waals surface area contributed by atoms with Gasteiger partial charge in [0.05, 0.1) is 0 Å². The average molecular weight is 407 g/mol. The number of carbonyl (C=O) groups is 2. The minimum absolute atomic E-state index is 0.0873. The van der Waals surface area contributed by atoms with Crippen molar-refractivity contribution in [1.82, 2.24) is 0 Å². The molecule has 4 heteroatoms. The third-order valence-electron chi connectivity index (χ3n) is 5.57. The van der Waals surface area contributed by atoms with Crippen LogP contribution >= 0.6 is 11.6 Å². The lowest BCUT2D eigenvalue weighted by Crippen LogP contribution is -2.42. The molecule has 3 aromatic rings. The number of benzene rings is 3. The van der Waals surface area contributed by atoms with Crippen LogP contribution < -0.4 is 0 Å². The SMILES string of the molecule is CCC(c1ccccc1)C(CC=O)(C(=O)O)c1ccc(-c2ccc(Cl)cc2)cc1. The maximum atomic E-state index is 12.6. The predicted molar refractivity (Wildman–Crippen MR) is 116 cm³/mol. The zero-order valence-corrected chi connectivity index (χ0v) is 17.0. The number of rotatable bonds is 8. The van der Waals surface area contributed by atoms with Gasteiger partial charge in [0.25, 0.3) is 0 Å². The summed E-state index contributed by atoms with van der Waals surface area (Å²) < 4.78 is 0. The minimum atomic E-state index is -1.32. The fourth-order valence-electron chi connectivity index (χ4n) is 4.11. The van der Waals surface area contributed by atoms with Crippen molar-refractivity contribution in [2.75, 3.05) is 0 Å². The lowest BCUT2D eigenvalue weighted by Gasteiger charge is -2.36. The standard InChI is InChI=1S/C25H23ClO3/c1-2-23(20-6-4-3-5-7-20)25(16-17-27,24(28)29)21-12-8-18(9-13-21)19-10-14-22(26)15-11-19/h3-15,17,23H,2,16H2,1H3,(H,28,29). The molecular formula is C25H23ClO3. The Hall–Kier alpha value is -2.91. The fraction of sp³-hybridized carbons (Fsp3) is 0.200. The first kappa shape index (κ1) is 20.8. The maximum Gasteiger partial charge on any atom is 0.315 e. The van der Waals surface area contributed by atoms with Crippen molar-refractivity contribution in [2.24, 2.45) is 0 Å². The van der Waals surface area contributed by atoms with Gasteiger partial charge in [0.1, 0.15) is 11.7 Å². The van der Waals surface area contributed by atoms with Gasteiger partial charge in [-0.2, -0.15) is 0 Å². The second kappa shape index (κ2) is 9.06. The normalized spacial score (nSPS) is 14.0. The molecule has 3 nitrogen and oxygen atoms in total. The zero-order valence-electron chi connectivity index (χ0n) is 16.2. The van der Waals surface area contributed by atoms with Gasteiger partial charge in [0.2, 0.25) is 0 Å². The van der Waals surface area contributed by atoms with Crippen molar-refractivity contribution in [1.29, 1.82) is 0 Å². The molecule has 1 N–H and O–H groups in total. The van der Waals surface area contributed by atoms with Gasteiger partial charge in [-0.15, -0.1) is 0 Å². The van der Waals surface area contributed by atoms with Gasteiger partial charge in [0.15, 0.2) is 0 Å². The Balaban J connectivity index is 2.10. The molecular weight excluding hydrogens is 384 g/mol. The van der Waals surface area contributed by atoms with E-state index in [1.54, 1.807) is 0 Å². The second-order valence-corrected chi connectivity index (χ2v) is 7.54. The third-order valence-corrected chi connectivity index (χ3v) is 5.82. The summed E-state index contributed by atoms with van der Waals surface area (Å²) in [6.45, 7) is 1.96. The van der Waals surface area contributed by atoms with Crippen LogP contribution in [-0.2, 0) is 15.0 Å². The van der Waals surface area contributed by atoms with Crippen molar-refractivity contribution < 1.29 is 14.7 Å². The van der Waals surface area contributed by atoms with Crippen LogP contribution in [-0.4, -0.2) is 17.4 Å². The summed E-state index contributed by atoms with van der Waals surface area (Å²) in [5, 5.41) is 11.0. The number of carboxylic acid groups (broad SMARTS) is 1. The molecule has 0 aliphatic heterocycles. The molecule has 0 aliphatic rings. The van der Waals surface area contributed by atoms with Gasteiger partial charge in [-0.25, -0.2) is 0 Å². The summed E-state index contributed by atoms with van der Waals surface area (Å²) >= 11 is 5.96. The van der Waals surface area contributed by atoms with E-state index in [0.29, 0.717) is 23.3 Å². The molecule has 148 valence electrons. The average Bonchev–Trinajstić information content (AvgIpc) is 2.75. The van der Waals surface area contributed by atoms with E-state index in [9.17, 15) is 14.7 Å². The van der Waals surface area contributed by atoms with Crippen LogP contribution in [0.15, 0.2) is 78.9 Å². The smallest absolute Gasteiger partial charge is 0.315 e. The van der Waals surface area contributed by atoms with Gasteiger partial charge in [-0.1, -0.05) is 85.3 Å². The van der Waals surface area contributed by atoms with Crippen molar-refractivity contribution in [3.8, 4) is 11.1 Å². The van der Waals surface area contributed by atoms with E-state index in [4.69, 9.17) is 11.6 Å². The van der Waals surface area contributed by atoms with Crippen LogP contribution in [0.2, 0.25) is 5.02 Å². The van der Waals surface area contributed by atoms with E-state index in [0.717, 1.165) is 16.7 Å². The number of halogens is 1. The van der Waals surface area contributed by atoms with E-state index in [1.165, 1.54) is 0 Å². The van der Waals surface area contributed by atoms with Crippen molar-refractivity contribution >= 4 is 23.9 Å². The molecule has 0 bridgehead atoms. The molecule has 0 heterocycles. The molecule has 3 rings (SSSR count). The van der Waals surface area contributed by atoms with Gasteiger partial charge < -0.3 is 9.90 Å². The van der Waals surface area contributed by atoms with Gasteiger partial charge in [-0.3, -0.25) is 4.79 Å². The number of aliphatic carboxylic acids is 1. The molecule has 0 radical (unpaired) electrons. The Bertz CT molecular complexity index is 965. The Labute approximate surface area is 176 Å². The summed E-state index contributed by atoms with van der Waals surface area (Å²) in [6, 6.07) is 24.5. The highest BCUT2D eigenvalue weighted by Gasteiger charge is 2.47. The lowest BCUT2D eigenvalue weighted by molar-refractivity contribution is -0.146. The Morgan fingerprint density at radius 2 is 1.52 bits per heavy atom. The molecule has 2 atom stereocenters. The molecule has 29 heavy (non-hydrogen) atoms. The minimum Gasteiger partial charge on any atom is -0.481 e. The Morgan fingerprint density at radius 1 is 0.966 bits per heavy atom. The molecule has 0 aromatic heterocycles. The van der Waals surface area contributed by atoms with Crippen molar-refractivity contribution in [3.05, 3.63) is 95.0 Å². The largest absolute Gasteiger partial charge is 0.481 e. The van der Waals surface area contributed by atoms with Crippen LogP contribution in [0.5, 0.6) is 0 Å². The molecule has 2 unspecified atom stereocenters. The van der Waals surface area contributed by atoms with E-state index >= 15 is 0 Å². The summed E-state index contributed by atoms with van der Waals surface area (Å²) in [7, 11) is 0. The molecule has 0 aliphatic carbocycles. The number of aldehydes is 1. The van der Waals surface area contributed by atoms with Crippen molar-refractivity contribution in [2.45, 2.75) is 31.1 Å². The van der Waals surface area contributed by atoms with Crippen LogP contribution in [0.25, 0.3) is 11.1 Å². The number of hydrogen-bond donors (Lipinski definition) is 1. The molecule has 3 aromatic carbocycles. The van der Waals surface area contributed by atoms with Crippen LogP contribution in [0.1, 0.15) is 36.8 Å². The maximum absolute atomic E-state index is 12.6. The van der Waals surface area contributed by atoms with E-state index in [2.05, 4.69) is 0 Å². The van der Waals surface area contributed by atoms with Gasteiger partial charge in [0, 0.05) is 17.4 Å². The number of carboxylic acids is 1. The van der Waals surface area contributed by atoms with E-state index in [1.807, 2.05) is 85.8 Å². The summed E-state index contributed by atoms with van der Waals surface area (Å²) in [5.74, 6) is -1.31. The van der Waals surface area contributed by atoms with Crippen LogP contribution in [0.4, 0.5) is 0 Å². The molecule has 0 spiro atoms. The molecule has 0 saturated carbocycles. The van der Waals surface area contributed by atoms with Gasteiger partial charge >= 0.3 is 5.97 Å². The lowest BCUT2D eigenvalue weighted by atomic mass is 9.64. The Morgan fingerprint density at radius 3 is 2.00 bits per heavy atom. The Kier molecular flexibility index (Phi) is 6.50. The highest BCUT2D eigenvalue weighted by atomic mass is 35.5. The molecule has 0 saturated heterocycles. The monoisotopic (exact) mass is 406 g/mol. The predicted octanol–water partition coefficient (Wildman–Crippen LogP) is 6.11. The quantitative estimate of drug-likeness (QED) is 0.459. The first-order valence-corrected chi connectivity index (χ1v) is 9.99. The highest BCUT2D eigenvalue weighted by Crippen LogP contribution is 2.44. The third kappa shape index (κ3) is 4.10. The fourth-order valence-corrected chi connectivity index (χ4v) is 4.24. The topological polar surface area (TPSA) is 54.4 Å².